The summed E-state index contributed by atoms with van der Waals surface area (Å²) < 4.78 is 24.5. The molecule has 1 aromatic heterocycles. The third kappa shape index (κ3) is 8.94. The van der Waals surface area contributed by atoms with E-state index >= 15 is 0 Å². The third-order valence-corrected chi connectivity index (χ3v) is 11.3. The van der Waals surface area contributed by atoms with Crippen molar-refractivity contribution >= 4 is 49.0 Å². The second-order valence-electron chi connectivity index (χ2n) is 11.7. The molecule has 1 aromatic carbocycles. The number of hydrogen-bond acceptors (Lipinski definition) is 8. The molecule has 9 nitrogen and oxygen atoms in total. The van der Waals surface area contributed by atoms with Gasteiger partial charge in [0.25, 0.3) is 0 Å². The highest BCUT2D eigenvalue weighted by Gasteiger charge is 2.31. The van der Waals surface area contributed by atoms with Crippen molar-refractivity contribution in [2.45, 2.75) is 70.8 Å². The summed E-state index contributed by atoms with van der Waals surface area (Å²) >= 11 is 1.57. The Labute approximate surface area is 253 Å². The summed E-state index contributed by atoms with van der Waals surface area (Å²) in [5.41, 5.74) is 2.61. The molecule has 0 radical (unpaired) electrons. The van der Waals surface area contributed by atoms with Crippen molar-refractivity contribution in [1.29, 1.82) is 0 Å². The van der Waals surface area contributed by atoms with Gasteiger partial charge in [0.15, 0.2) is 15.6 Å². The van der Waals surface area contributed by atoms with Crippen LogP contribution in [0.25, 0.3) is 10.2 Å². The van der Waals surface area contributed by atoms with Gasteiger partial charge in [-0.3, -0.25) is 19.3 Å². The molecule has 4 rings (SSSR count). The fraction of sp³-hybridized carbons (Fsp3) is 0.613. The Hall–Kier alpha value is -2.63. The van der Waals surface area contributed by atoms with E-state index in [1.54, 1.807) is 18.4 Å². The third-order valence-electron chi connectivity index (χ3n) is 8.63. The van der Waals surface area contributed by atoms with Crippen LogP contribution in [-0.2, 0) is 37.1 Å². The van der Waals surface area contributed by atoms with Crippen molar-refractivity contribution in [3.8, 4) is 0 Å². The van der Waals surface area contributed by atoms with E-state index in [0.29, 0.717) is 38.0 Å². The molecule has 1 saturated heterocycles. The van der Waals surface area contributed by atoms with Gasteiger partial charge in [-0.05, 0) is 49.3 Å². The number of Topliss-reactive ketones (excluding diaryl/α,β-unsaturated/α-hetero) is 1. The Morgan fingerprint density at radius 2 is 1.88 bits per heavy atom. The highest BCUT2D eigenvalue weighted by atomic mass is 32.2. The molecule has 0 spiro atoms. The van der Waals surface area contributed by atoms with Crippen molar-refractivity contribution in [3.63, 3.8) is 0 Å². The maximum absolute atomic E-state index is 13.7. The minimum absolute atomic E-state index is 0.0523. The molecule has 0 bridgehead atoms. The molecule has 2 fully saturated rings. The van der Waals surface area contributed by atoms with Crippen LogP contribution in [0.1, 0.15) is 62.4 Å². The Morgan fingerprint density at radius 3 is 2.55 bits per heavy atom. The number of nitrogens with zero attached hydrogens (tertiary/aromatic N) is 2. The predicted octanol–water partition coefficient (Wildman–Crippen LogP) is 3.46. The van der Waals surface area contributed by atoms with Crippen molar-refractivity contribution in [1.82, 2.24) is 20.5 Å². The van der Waals surface area contributed by atoms with Crippen molar-refractivity contribution in [2.75, 3.05) is 38.2 Å². The maximum Gasteiger partial charge on any atom is 0.224 e. The van der Waals surface area contributed by atoms with E-state index in [0.717, 1.165) is 47.3 Å². The van der Waals surface area contributed by atoms with Crippen LogP contribution in [0, 0.1) is 11.8 Å². The number of ketones is 1. The first-order chi connectivity index (χ1) is 20.1. The summed E-state index contributed by atoms with van der Waals surface area (Å²) in [5, 5.41) is 6.72. The highest BCUT2D eigenvalue weighted by molar-refractivity contribution is 7.91. The minimum atomic E-state index is -2.99. The van der Waals surface area contributed by atoms with Crippen LogP contribution in [0.3, 0.4) is 0 Å². The number of aromatic nitrogens is 1. The van der Waals surface area contributed by atoms with Crippen molar-refractivity contribution in [2.24, 2.45) is 11.8 Å². The summed E-state index contributed by atoms with van der Waals surface area (Å²) in [6.45, 7) is 7.29. The van der Waals surface area contributed by atoms with Gasteiger partial charge in [-0.15, -0.1) is 11.3 Å². The molecule has 2 N–H and O–H groups in total. The Balaban J connectivity index is 1.40. The van der Waals surface area contributed by atoms with E-state index in [4.69, 9.17) is 4.98 Å². The number of thiazole rings is 1. The Kier molecular flexibility index (Phi) is 11.3. The molecular formula is C31H44N4O5S2. The molecule has 1 aliphatic carbocycles. The lowest BCUT2D eigenvalue weighted by Crippen LogP contribution is -2.44. The van der Waals surface area contributed by atoms with E-state index < -0.39 is 15.8 Å². The lowest BCUT2D eigenvalue weighted by molar-refractivity contribution is -0.131. The average Bonchev–Trinajstić information content (AvgIpc) is 3.65. The van der Waals surface area contributed by atoms with E-state index in [-0.39, 0.29) is 53.9 Å². The monoisotopic (exact) mass is 616 g/mol. The largest absolute Gasteiger partial charge is 0.359 e. The first-order valence-electron chi connectivity index (χ1n) is 15.1. The Bertz CT molecular complexity index is 1380. The molecule has 2 heterocycles. The summed E-state index contributed by atoms with van der Waals surface area (Å²) in [6.07, 6.45) is 6.35. The number of benzene rings is 1. The van der Waals surface area contributed by atoms with Crippen LogP contribution in [0.15, 0.2) is 30.4 Å². The lowest BCUT2D eigenvalue weighted by atomic mass is 9.91. The molecule has 1 aliphatic heterocycles. The van der Waals surface area contributed by atoms with Crippen LogP contribution >= 0.6 is 11.3 Å². The number of fused-ring (bicyclic) bond motifs is 1. The zero-order valence-electron chi connectivity index (χ0n) is 24.8. The van der Waals surface area contributed by atoms with Gasteiger partial charge in [0, 0.05) is 57.6 Å². The van der Waals surface area contributed by atoms with Crippen LogP contribution in [-0.4, -0.2) is 80.1 Å². The predicted molar refractivity (Wildman–Crippen MR) is 167 cm³/mol. The molecule has 2 atom stereocenters. The number of hydrogen-bond donors (Lipinski definition) is 2. The van der Waals surface area contributed by atoms with E-state index in [2.05, 4.69) is 36.3 Å². The molecule has 2 aromatic rings. The van der Waals surface area contributed by atoms with Crippen molar-refractivity contribution < 1.29 is 22.8 Å². The van der Waals surface area contributed by atoms with Gasteiger partial charge in [-0.1, -0.05) is 32.4 Å². The molecule has 230 valence electrons. The fourth-order valence-corrected chi connectivity index (χ4v) is 8.32. The van der Waals surface area contributed by atoms with Gasteiger partial charge < -0.3 is 10.6 Å². The zero-order chi connectivity index (χ0) is 30.3. The maximum atomic E-state index is 13.7. The number of sulfone groups is 1. The minimum Gasteiger partial charge on any atom is -0.359 e. The van der Waals surface area contributed by atoms with Crippen molar-refractivity contribution in [3.05, 3.63) is 40.9 Å². The number of rotatable bonds is 14. The van der Waals surface area contributed by atoms with Crippen LogP contribution in [0.5, 0.6) is 0 Å². The molecule has 1 saturated carbocycles. The zero-order valence-corrected chi connectivity index (χ0v) is 26.5. The summed E-state index contributed by atoms with van der Waals surface area (Å²) in [6, 6.07) is 6.06. The second kappa shape index (κ2) is 14.7. The standard InChI is InChI=1S/C31H44N4O5S2/c1-4-22-9-10-26-28(17-22)41-30(33-26)19-24(18-29(37)32-3)31(38)34-25(23-7-5-6-8-23)11-12-27(36)21(2)20-35-13-15-42(39,40)16-14-35/h9-10,17,23-25H,2,4-8,11-16,18-20H2,1,3H3,(H,32,37)(H,34,38)/t24-,25+/m0/s1. The summed E-state index contributed by atoms with van der Waals surface area (Å²) in [4.78, 5) is 45.8. The van der Waals surface area contributed by atoms with Crippen LogP contribution < -0.4 is 10.6 Å². The molecule has 11 heteroatoms. The van der Waals surface area contributed by atoms with Gasteiger partial charge in [0.2, 0.25) is 11.8 Å². The first kappa shape index (κ1) is 32.3. The molecule has 42 heavy (non-hydrogen) atoms. The van der Waals surface area contributed by atoms with E-state index in [1.165, 1.54) is 5.56 Å². The molecule has 2 amide bonds. The lowest BCUT2D eigenvalue weighted by Gasteiger charge is -2.28. The second-order valence-corrected chi connectivity index (χ2v) is 15.1. The smallest absolute Gasteiger partial charge is 0.224 e. The van der Waals surface area contributed by atoms with E-state index in [9.17, 15) is 22.8 Å². The number of aryl methyl sites for hydroxylation is 1. The average molecular weight is 617 g/mol. The van der Waals surface area contributed by atoms with Gasteiger partial charge in [-0.25, -0.2) is 13.4 Å². The fourth-order valence-electron chi connectivity index (χ4n) is 5.93. The summed E-state index contributed by atoms with van der Waals surface area (Å²) in [5.74, 6) is -0.484. The molecular weight excluding hydrogens is 572 g/mol. The van der Waals surface area contributed by atoms with Gasteiger partial charge in [0.05, 0.1) is 32.6 Å². The van der Waals surface area contributed by atoms with Gasteiger partial charge in [0.1, 0.15) is 0 Å². The number of carbonyl (C=O) groups is 3. The highest BCUT2D eigenvalue weighted by Crippen LogP contribution is 2.31. The van der Waals surface area contributed by atoms with E-state index in [1.807, 2.05) is 11.0 Å². The number of carbonyl (C=O) groups excluding carboxylic acids is 3. The quantitative estimate of drug-likeness (QED) is 0.312. The normalized spacial score (nSPS) is 18.9. The van der Waals surface area contributed by atoms with Gasteiger partial charge >= 0.3 is 0 Å². The summed E-state index contributed by atoms with van der Waals surface area (Å²) in [7, 11) is -1.41. The first-order valence-corrected chi connectivity index (χ1v) is 17.7. The topological polar surface area (TPSA) is 126 Å². The molecule has 0 unspecified atom stereocenters. The molecule has 2 aliphatic rings. The number of nitrogens with one attached hydrogen (secondary N) is 2. The van der Waals surface area contributed by atoms with Crippen LogP contribution in [0.4, 0.5) is 0 Å². The number of amides is 2. The SMILES string of the molecule is C=C(CN1CCS(=O)(=O)CC1)C(=O)CC[C@@H](NC(=O)[C@@H](CC(=O)NC)Cc1nc2ccc(CC)cc2s1)C1CCCC1. The van der Waals surface area contributed by atoms with Gasteiger partial charge in [-0.2, -0.15) is 0 Å². The Morgan fingerprint density at radius 1 is 1.17 bits per heavy atom. The van der Waals surface area contributed by atoms with Crippen LogP contribution in [0.2, 0.25) is 0 Å².